The smallest absolute Gasteiger partial charge is 0.281 e. The molecule has 0 aliphatic heterocycles. The number of benzene rings is 1. The number of pyridine rings is 2. The van der Waals surface area contributed by atoms with Crippen LogP contribution in [0.4, 0.5) is 5.82 Å². The minimum Gasteiger partial charge on any atom is -0.438 e. The van der Waals surface area contributed by atoms with E-state index in [0.717, 1.165) is 35.2 Å². The Labute approximate surface area is 231 Å². The van der Waals surface area contributed by atoms with E-state index in [1.807, 2.05) is 39.0 Å². The lowest BCUT2D eigenvalue weighted by Gasteiger charge is -2.39. The molecular formula is C30H38N4O4S. The minimum absolute atomic E-state index is 0. The Morgan fingerprint density at radius 1 is 1.08 bits per heavy atom. The lowest BCUT2D eigenvalue weighted by molar-refractivity contribution is 0.0978. The third-order valence-corrected chi connectivity index (χ3v) is 10.6. The van der Waals surface area contributed by atoms with Gasteiger partial charge in [0, 0.05) is 13.0 Å². The molecule has 3 aromatic rings. The van der Waals surface area contributed by atoms with E-state index in [9.17, 15) is 13.2 Å². The first kappa shape index (κ1) is 27.1. The number of anilines is 1. The molecular weight excluding hydrogens is 512 g/mol. The van der Waals surface area contributed by atoms with E-state index >= 15 is 0 Å². The highest BCUT2D eigenvalue weighted by Crippen LogP contribution is 2.70. The van der Waals surface area contributed by atoms with E-state index in [2.05, 4.69) is 30.5 Å². The Balaban J connectivity index is 0.00000370. The van der Waals surface area contributed by atoms with Gasteiger partial charge in [0.2, 0.25) is 5.88 Å². The molecule has 1 amide bonds. The van der Waals surface area contributed by atoms with Gasteiger partial charge >= 0.3 is 0 Å². The normalized spacial score (nSPS) is 23.5. The highest BCUT2D eigenvalue weighted by molar-refractivity contribution is 7.90. The average Bonchev–Trinajstić information content (AvgIpc) is 3.19. The Hall–Kier alpha value is -3.46. The van der Waals surface area contributed by atoms with Crippen LogP contribution in [0, 0.1) is 37.5 Å². The van der Waals surface area contributed by atoms with Gasteiger partial charge in [0.25, 0.3) is 15.9 Å². The summed E-state index contributed by atoms with van der Waals surface area (Å²) in [5, 5.41) is -0.342. The number of hydrogen-bond acceptors (Lipinski definition) is 7. The SMILES string of the molecule is Cc1cc(C)c(Oc2nc(C3CC4CCC3(C)C4(C)C)ccc2C(=O)NS(=O)(=O)c2cccc(N)n2)c(C)c1.[HH]. The molecule has 2 aliphatic carbocycles. The lowest BCUT2D eigenvalue weighted by atomic mass is 9.66. The van der Waals surface area contributed by atoms with Crippen LogP contribution >= 0.6 is 0 Å². The quantitative estimate of drug-likeness (QED) is 0.382. The molecule has 2 aliphatic rings. The van der Waals surface area contributed by atoms with Gasteiger partial charge in [-0.15, -0.1) is 0 Å². The van der Waals surface area contributed by atoms with Crippen LogP contribution in [-0.2, 0) is 10.0 Å². The van der Waals surface area contributed by atoms with Gasteiger partial charge in [0.05, 0.1) is 0 Å². The Morgan fingerprint density at radius 2 is 1.77 bits per heavy atom. The highest BCUT2D eigenvalue weighted by atomic mass is 32.2. The van der Waals surface area contributed by atoms with Crippen LogP contribution in [0.15, 0.2) is 47.5 Å². The van der Waals surface area contributed by atoms with E-state index in [1.165, 1.54) is 24.6 Å². The molecule has 3 unspecified atom stereocenters. The van der Waals surface area contributed by atoms with E-state index in [4.69, 9.17) is 15.5 Å². The molecule has 3 N–H and O–H groups in total. The number of aromatic nitrogens is 2. The van der Waals surface area contributed by atoms with Gasteiger partial charge < -0.3 is 10.5 Å². The van der Waals surface area contributed by atoms with E-state index in [0.29, 0.717) is 11.7 Å². The summed E-state index contributed by atoms with van der Waals surface area (Å²) in [6.07, 6.45) is 3.36. The first-order valence-corrected chi connectivity index (χ1v) is 14.8. The second-order valence-electron chi connectivity index (χ2n) is 11.9. The zero-order chi connectivity index (χ0) is 28.3. The summed E-state index contributed by atoms with van der Waals surface area (Å²) in [6, 6.07) is 11.7. The van der Waals surface area contributed by atoms with Crippen molar-refractivity contribution in [2.75, 3.05) is 5.73 Å². The monoisotopic (exact) mass is 550 g/mol. The maximum absolute atomic E-state index is 13.4. The standard InChI is InChI=1S/C30H36N4O4S.H2/c1-17-14-18(2)26(19(3)15-17)38-28-21(27(35)34-39(36,37)25-9-7-8-24(31)33-25)10-11-23(32-28)22-16-20-12-13-30(22,6)29(20,4)5;/h7-11,14-15,20,22H,12-13,16H2,1-6H3,(H2,31,33)(H,34,35);1H. The fraction of sp³-hybridized carbons (Fsp3) is 0.433. The summed E-state index contributed by atoms with van der Waals surface area (Å²) >= 11 is 0. The third kappa shape index (κ3) is 4.56. The second-order valence-corrected chi connectivity index (χ2v) is 13.5. The fourth-order valence-electron chi connectivity index (χ4n) is 6.78. The maximum Gasteiger partial charge on any atom is 0.281 e. The summed E-state index contributed by atoms with van der Waals surface area (Å²) in [6.45, 7) is 12.9. The fourth-order valence-corrected chi connectivity index (χ4v) is 7.73. The molecule has 8 nitrogen and oxygen atoms in total. The van der Waals surface area contributed by atoms with E-state index in [-0.39, 0.29) is 40.5 Å². The topological polar surface area (TPSA) is 124 Å². The van der Waals surface area contributed by atoms with Crippen LogP contribution in [0.3, 0.4) is 0 Å². The second kappa shape index (κ2) is 9.33. The summed E-state index contributed by atoms with van der Waals surface area (Å²) in [5.74, 6) is 0.688. The van der Waals surface area contributed by atoms with Crippen molar-refractivity contribution in [3.63, 3.8) is 0 Å². The van der Waals surface area contributed by atoms with Gasteiger partial charge in [0.1, 0.15) is 17.1 Å². The third-order valence-electron chi connectivity index (χ3n) is 9.33. The van der Waals surface area contributed by atoms with Crippen molar-refractivity contribution < 1.29 is 19.4 Å². The lowest BCUT2D eigenvalue weighted by Crippen LogP contribution is -2.32. The van der Waals surface area contributed by atoms with Gasteiger partial charge in [-0.3, -0.25) is 4.79 Å². The number of nitrogen functional groups attached to an aromatic ring is 1. The number of ether oxygens (including phenoxy) is 1. The summed E-state index contributed by atoms with van der Waals surface area (Å²) in [7, 11) is -4.27. The first-order chi connectivity index (χ1) is 18.2. The van der Waals surface area contributed by atoms with Crippen LogP contribution in [0.25, 0.3) is 0 Å². The van der Waals surface area contributed by atoms with Gasteiger partial charge in [-0.25, -0.2) is 14.7 Å². The number of nitrogens with zero attached hydrogens (tertiary/aromatic N) is 2. The molecule has 39 heavy (non-hydrogen) atoms. The number of rotatable bonds is 6. The Morgan fingerprint density at radius 3 is 2.36 bits per heavy atom. The van der Waals surface area contributed by atoms with Crippen molar-refractivity contribution in [2.24, 2.45) is 16.7 Å². The molecule has 2 saturated carbocycles. The molecule has 9 heteroatoms. The molecule has 2 fully saturated rings. The summed E-state index contributed by atoms with van der Waals surface area (Å²) in [5.41, 5.74) is 9.69. The summed E-state index contributed by atoms with van der Waals surface area (Å²) in [4.78, 5) is 22.2. The van der Waals surface area contributed by atoms with Crippen molar-refractivity contribution in [1.29, 1.82) is 0 Å². The van der Waals surface area contributed by atoms with Gasteiger partial charge in [-0.2, -0.15) is 8.42 Å². The number of fused-ring (bicyclic) bond motifs is 2. The van der Waals surface area contributed by atoms with Crippen LogP contribution < -0.4 is 15.2 Å². The molecule has 208 valence electrons. The highest BCUT2D eigenvalue weighted by Gasteiger charge is 2.61. The minimum atomic E-state index is -4.27. The average molecular weight is 551 g/mol. The van der Waals surface area contributed by atoms with Crippen molar-refractivity contribution >= 4 is 21.7 Å². The number of nitrogens with one attached hydrogen (secondary N) is 1. The molecule has 0 saturated heterocycles. The molecule has 0 radical (unpaired) electrons. The number of nitrogens with two attached hydrogens (primary N) is 1. The van der Waals surface area contributed by atoms with Crippen molar-refractivity contribution in [3.05, 3.63) is 70.4 Å². The zero-order valence-electron chi connectivity index (χ0n) is 23.3. The number of carbonyl (C=O) groups excluding carboxylic acids is 1. The number of carbonyl (C=O) groups is 1. The molecule has 3 atom stereocenters. The van der Waals surface area contributed by atoms with Crippen LogP contribution in [0.1, 0.15) is 80.1 Å². The van der Waals surface area contributed by atoms with Crippen molar-refractivity contribution in [3.8, 4) is 11.6 Å². The largest absolute Gasteiger partial charge is 0.438 e. The molecule has 2 bridgehead atoms. The molecule has 1 aromatic carbocycles. The van der Waals surface area contributed by atoms with Crippen LogP contribution in [0.2, 0.25) is 0 Å². The molecule has 2 aromatic heterocycles. The number of sulfonamides is 1. The number of hydrogen-bond donors (Lipinski definition) is 2. The van der Waals surface area contributed by atoms with Gasteiger partial charge in [-0.05, 0) is 92.2 Å². The van der Waals surface area contributed by atoms with Crippen molar-refractivity contribution in [2.45, 2.75) is 71.7 Å². The van der Waals surface area contributed by atoms with Crippen LogP contribution in [0.5, 0.6) is 11.6 Å². The molecule has 5 rings (SSSR count). The predicted octanol–water partition coefficient (Wildman–Crippen LogP) is 6.07. The van der Waals surface area contributed by atoms with Gasteiger partial charge in [-0.1, -0.05) is 44.5 Å². The zero-order valence-corrected chi connectivity index (χ0v) is 24.1. The van der Waals surface area contributed by atoms with Crippen LogP contribution in [-0.4, -0.2) is 24.3 Å². The maximum atomic E-state index is 13.4. The van der Waals surface area contributed by atoms with E-state index in [1.54, 1.807) is 6.07 Å². The predicted molar refractivity (Wildman–Crippen MR) is 152 cm³/mol. The number of aryl methyl sites for hydroxylation is 3. The molecule has 0 spiro atoms. The first-order valence-electron chi connectivity index (χ1n) is 13.3. The van der Waals surface area contributed by atoms with E-state index < -0.39 is 15.9 Å². The van der Waals surface area contributed by atoms with Crippen molar-refractivity contribution in [1.82, 2.24) is 14.7 Å². The number of amides is 1. The Kier molecular flexibility index (Phi) is 6.49. The summed E-state index contributed by atoms with van der Waals surface area (Å²) < 4.78 is 34.4. The van der Waals surface area contributed by atoms with Gasteiger partial charge in [0.15, 0.2) is 5.03 Å². The Bertz CT molecular complexity index is 1570. The molecule has 2 heterocycles.